The highest BCUT2D eigenvalue weighted by Crippen LogP contribution is 2.18. The first-order valence-corrected chi connectivity index (χ1v) is 7.95. The summed E-state index contributed by atoms with van der Waals surface area (Å²) in [4.78, 5) is 26.8. The molecule has 5 heteroatoms. The van der Waals surface area contributed by atoms with Gasteiger partial charge in [-0.25, -0.2) is 0 Å². The van der Waals surface area contributed by atoms with Gasteiger partial charge in [-0.2, -0.15) is 0 Å². The van der Waals surface area contributed by atoms with Crippen molar-refractivity contribution in [2.75, 3.05) is 11.9 Å². The molecule has 0 unspecified atom stereocenters. The van der Waals surface area contributed by atoms with E-state index >= 15 is 0 Å². The molecule has 4 nitrogen and oxygen atoms in total. The van der Waals surface area contributed by atoms with E-state index in [1.54, 1.807) is 11.3 Å². The quantitative estimate of drug-likeness (QED) is 0.864. The molecule has 1 aromatic heterocycles. The van der Waals surface area contributed by atoms with Crippen LogP contribution in [0.15, 0.2) is 53.6 Å². The summed E-state index contributed by atoms with van der Waals surface area (Å²) >= 11 is 1.63. The number of aryl methyl sites for hydroxylation is 1. The SMILES string of the molecule is Cc1ccc(NC2=CC(=O)N(CCc3cccs3)C2=O)cc1. The summed E-state index contributed by atoms with van der Waals surface area (Å²) in [5.74, 6) is -0.515. The lowest BCUT2D eigenvalue weighted by atomic mass is 10.2. The van der Waals surface area contributed by atoms with E-state index < -0.39 is 0 Å². The zero-order valence-corrected chi connectivity index (χ0v) is 13.0. The normalized spacial score (nSPS) is 14.4. The molecule has 1 aliphatic heterocycles. The molecule has 0 fully saturated rings. The van der Waals surface area contributed by atoms with Crippen LogP contribution in [0.5, 0.6) is 0 Å². The molecule has 2 amide bonds. The van der Waals surface area contributed by atoms with Gasteiger partial charge >= 0.3 is 0 Å². The van der Waals surface area contributed by atoms with E-state index in [9.17, 15) is 9.59 Å². The third kappa shape index (κ3) is 3.09. The summed E-state index contributed by atoms with van der Waals surface area (Å²) in [6.45, 7) is 2.41. The fraction of sp³-hybridized carbons (Fsp3) is 0.176. The second-order valence-corrected chi connectivity index (χ2v) is 6.21. The van der Waals surface area contributed by atoms with Crippen LogP contribution in [0.2, 0.25) is 0 Å². The summed E-state index contributed by atoms with van der Waals surface area (Å²) < 4.78 is 0. The second kappa shape index (κ2) is 6.15. The predicted octanol–water partition coefficient (Wildman–Crippen LogP) is 2.96. The molecule has 2 aromatic rings. The fourth-order valence-corrected chi connectivity index (χ4v) is 2.98. The van der Waals surface area contributed by atoms with Crippen molar-refractivity contribution in [3.05, 3.63) is 64.0 Å². The topological polar surface area (TPSA) is 49.4 Å². The first-order valence-electron chi connectivity index (χ1n) is 7.07. The van der Waals surface area contributed by atoms with Crippen LogP contribution in [0.1, 0.15) is 10.4 Å². The average molecular weight is 312 g/mol. The third-order valence-corrected chi connectivity index (χ3v) is 4.44. The van der Waals surface area contributed by atoms with E-state index in [0.29, 0.717) is 18.7 Å². The lowest BCUT2D eigenvalue weighted by molar-refractivity contribution is -0.137. The first-order chi connectivity index (χ1) is 10.6. The average Bonchev–Trinajstić information content (AvgIpc) is 3.10. The molecule has 0 radical (unpaired) electrons. The maximum absolute atomic E-state index is 12.3. The Kier molecular flexibility index (Phi) is 4.06. The Morgan fingerprint density at radius 3 is 2.59 bits per heavy atom. The van der Waals surface area contributed by atoms with Crippen LogP contribution in [0.4, 0.5) is 5.69 Å². The van der Waals surface area contributed by atoms with Gasteiger partial charge in [0, 0.05) is 23.2 Å². The molecule has 112 valence electrons. The number of hydrogen-bond acceptors (Lipinski definition) is 4. The van der Waals surface area contributed by atoms with E-state index in [2.05, 4.69) is 5.32 Å². The van der Waals surface area contributed by atoms with Gasteiger partial charge < -0.3 is 5.32 Å². The summed E-state index contributed by atoms with van der Waals surface area (Å²) in [6, 6.07) is 11.7. The Hall–Kier alpha value is -2.40. The van der Waals surface area contributed by atoms with Crippen molar-refractivity contribution in [2.24, 2.45) is 0 Å². The zero-order valence-electron chi connectivity index (χ0n) is 12.2. The fourth-order valence-electron chi connectivity index (χ4n) is 2.28. The zero-order chi connectivity index (χ0) is 15.5. The van der Waals surface area contributed by atoms with E-state index in [0.717, 1.165) is 11.3 Å². The van der Waals surface area contributed by atoms with E-state index in [1.165, 1.54) is 15.9 Å². The molecule has 0 spiro atoms. The molecule has 1 aliphatic rings. The Bertz CT molecular complexity index is 718. The number of benzene rings is 1. The van der Waals surface area contributed by atoms with Gasteiger partial charge in [0.15, 0.2) is 0 Å². The molecular weight excluding hydrogens is 296 g/mol. The van der Waals surface area contributed by atoms with Gasteiger partial charge in [0.2, 0.25) is 0 Å². The Morgan fingerprint density at radius 1 is 1.14 bits per heavy atom. The van der Waals surface area contributed by atoms with E-state index in [4.69, 9.17) is 0 Å². The maximum atomic E-state index is 12.3. The van der Waals surface area contributed by atoms with Crippen molar-refractivity contribution in [2.45, 2.75) is 13.3 Å². The van der Waals surface area contributed by atoms with Crippen LogP contribution >= 0.6 is 11.3 Å². The van der Waals surface area contributed by atoms with Crippen LogP contribution in [0.25, 0.3) is 0 Å². The molecule has 0 saturated heterocycles. The molecule has 1 N–H and O–H groups in total. The first kappa shape index (κ1) is 14.5. The second-order valence-electron chi connectivity index (χ2n) is 5.17. The minimum atomic E-state index is -0.262. The number of imide groups is 1. The number of amides is 2. The summed E-state index contributed by atoms with van der Waals surface area (Å²) in [6.07, 6.45) is 2.07. The highest BCUT2D eigenvalue weighted by atomic mass is 32.1. The maximum Gasteiger partial charge on any atom is 0.277 e. The molecular formula is C17H16N2O2S. The number of anilines is 1. The van der Waals surface area contributed by atoms with Crippen LogP contribution in [-0.2, 0) is 16.0 Å². The van der Waals surface area contributed by atoms with Gasteiger partial charge in [-0.3, -0.25) is 14.5 Å². The van der Waals surface area contributed by atoms with Gasteiger partial charge in [-0.1, -0.05) is 23.8 Å². The molecule has 2 heterocycles. The van der Waals surface area contributed by atoms with E-state index in [1.807, 2.05) is 48.7 Å². The van der Waals surface area contributed by atoms with Crippen molar-refractivity contribution in [1.82, 2.24) is 4.90 Å². The van der Waals surface area contributed by atoms with Crippen LogP contribution in [0.3, 0.4) is 0 Å². The molecule has 0 atom stereocenters. The number of nitrogens with zero attached hydrogens (tertiary/aromatic N) is 1. The van der Waals surface area contributed by atoms with Gasteiger partial charge in [-0.05, 0) is 36.9 Å². The van der Waals surface area contributed by atoms with Crippen molar-refractivity contribution in [3.8, 4) is 0 Å². The lowest BCUT2D eigenvalue weighted by Crippen LogP contribution is -2.33. The number of nitrogens with one attached hydrogen (secondary N) is 1. The summed E-state index contributed by atoms with van der Waals surface area (Å²) in [7, 11) is 0. The number of carbonyl (C=O) groups excluding carboxylic acids is 2. The lowest BCUT2D eigenvalue weighted by Gasteiger charge is -2.14. The highest BCUT2D eigenvalue weighted by Gasteiger charge is 2.30. The number of carbonyl (C=O) groups is 2. The summed E-state index contributed by atoms with van der Waals surface area (Å²) in [5, 5.41) is 5.01. The van der Waals surface area contributed by atoms with Crippen LogP contribution in [0, 0.1) is 6.92 Å². The minimum Gasteiger partial charge on any atom is -0.351 e. The monoisotopic (exact) mass is 312 g/mol. The van der Waals surface area contributed by atoms with Gasteiger partial charge in [-0.15, -0.1) is 11.3 Å². The summed E-state index contributed by atoms with van der Waals surface area (Å²) in [5.41, 5.74) is 2.28. The predicted molar refractivity (Wildman–Crippen MR) is 87.6 cm³/mol. The van der Waals surface area contributed by atoms with Gasteiger partial charge in [0.05, 0.1) is 0 Å². The van der Waals surface area contributed by atoms with Crippen molar-refractivity contribution in [1.29, 1.82) is 0 Å². The molecule has 0 bridgehead atoms. The van der Waals surface area contributed by atoms with Crippen molar-refractivity contribution in [3.63, 3.8) is 0 Å². The molecule has 1 aromatic carbocycles. The van der Waals surface area contributed by atoms with E-state index in [-0.39, 0.29) is 11.8 Å². The molecule has 22 heavy (non-hydrogen) atoms. The number of thiophene rings is 1. The van der Waals surface area contributed by atoms with Crippen molar-refractivity contribution >= 4 is 28.8 Å². The molecule has 3 rings (SSSR count). The van der Waals surface area contributed by atoms with Crippen LogP contribution < -0.4 is 5.32 Å². The Balaban J connectivity index is 1.64. The van der Waals surface area contributed by atoms with Gasteiger partial charge in [0.1, 0.15) is 5.70 Å². The van der Waals surface area contributed by atoms with Crippen molar-refractivity contribution < 1.29 is 9.59 Å². The van der Waals surface area contributed by atoms with Gasteiger partial charge in [0.25, 0.3) is 11.8 Å². The largest absolute Gasteiger partial charge is 0.351 e. The minimum absolute atomic E-state index is 0.254. The Labute approximate surface area is 133 Å². The Morgan fingerprint density at radius 2 is 1.91 bits per heavy atom. The highest BCUT2D eigenvalue weighted by molar-refractivity contribution is 7.09. The van der Waals surface area contributed by atoms with Crippen LogP contribution in [-0.4, -0.2) is 23.3 Å². The number of hydrogen-bond donors (Lipinski definition) is 1. The molecule has 0 saturated carbocycles. The smallest absolute Gasteiger partial charge is 0.277 e. The third-order valence-electron chi connectivity index (χ3n) is 3.50. The number of rotatable bonds is 5. The molecule has 0 aliphatic carbocycles. The standard InChI is InChI=1S/C17H16N2O2S/c1-12-4-6-13(7-5-12)18-15-11-16(20)19(17(15)21)9-8-14-3-2-10-22-14/h2-7,10-11,18H,8-9H2,1H3.